The molecule has 1 heterocycles. The molecule has 0 saturated carbocycles. The van der Waals surface area contributed by atoms with Gasteiger partial charge in [-0.3, -0.25) is 4.79 Å². The fourth-order valence-electron chi connectivity index (χ4n) is 3.08. The number of aryl methyl sites for hydroxylation is 1. The molecule has 2 aromatic carbocycles. The minimum Gasteiger partial charge on any atom is -0.481 e. The van der Waals surface area contributed by atoms with Gasteiger partial charge in [-0.2, -0.15) is 0 Å². The van der Waals surface area contributed by atoms with Crippen LogP contribution < -0.4 is 10.4 Å². The summed E-state index contributed by atoms with van der Waals surface area (Å²) < 4.78 is 11.1. The second kappa shape index (κ2) is 8.08. The predicted molar refractivity (Wildman–Crippen MR) is 105 cm³/mol. The highest BCUT2D eigenvalue weighted by Gasteiger charge is 2.20. The Labute approximate surface area is 158 Å². The van der Waals surface area contributed by atoms with E-state index in [9.17, 15) is 9.59 Å². The molecule has 0 aliphatic rings. The molecule has 1 aromatic heterocycles. The Morgan fingerprint density at radius 1 is 1.15 bits per heavy atom. The summed E-state index contributed by atoms with van der Waals surface area (Å²) in [6.07, 6.45) is 0.0822. The van der Waals surface area contributed by atoms with Gasteiger partial charge in [0, 0.05) is 31.1 Å². The average Bonchev–Trinajstić information content (AvgIpc) is 2.67. The first-order chi connectivity index (χ1) is 13.0. The van der Waals surface area contributed by atoms with Gasteiger partial charge in [-0.05, 0) is 36.6 Å². The number of carbonyl (C=O) groups is 1. The molecule has 0 N–H and O–H groups in total. The topological polar surface area (TPSA) is 59.8 Å². The average molecular weight is 365 g/mol. The van der Waals surface area contributed by atoms with Gasteiger partial charge < -0.3 is 14.1 Å². The molecular weight excluding hydrogens is 342 g/mol. The lowest BCUT2D eigenvalue weighted by Gasteiger charge is -2.22. The number of likely N-dealkylation sites (N-methyl/N-ethyl adjacent to an activating group) is 1. The van der Waals surface area contributed by atoms with E-state index in [1.807, 2.05) is 43.3 Å². The highest BCUT2D eigenvalue weighted by Crippen LogP contribution is 2.24. The van der Waals surface area contributed by atoms with Crippen LogP contribution in [0.15, 0.2) is 63.8 Å². The van der Waals surface area contributed by atoms with Crippen LogP contribution >= 0.6 is 0 Å². The monoisotopic (exact) mass is 365 g/mol. The summed E-state index contributed by atoms with van der Waals surface area (Å²) in [4.78, 5) is 25.9. The zero-order valence-electron chi connectivity index (χ0n) is 15.8. The zero-order chi connectivity index (χ0) is 19.4. The third-order valence-electron chi connectivity index (χ3n) is 4.48. The van der Waals surface area contributed by atoms with Crippen molar-refractivity contribution < 1.29 is 13.9 Å². The van der Waals surface area contributed by atoms with Gasteiger partial charge in [-0.15, -0.1) is 0 Å². The van der Waals surface area contributed by atoms with Gasteiger partial charge in [0.25, 0.3) is 5.91 Å². The van der Waals surface area contributed by atoms with Crippen LogP contribution in [0.4, 0.5) is 0 Å². The number of ether oxygens (including phenoxy) is 1. The highest BCUT2D eigenvalue weighted by atomic mass is 16.5. The normalized spacial score (nSPS) is 12.0. The number of benzene rings is 2. The quantitative estimate of drug-likeness (QED) is 0.624. The van der Waals surface area contributed by atoms with Gasteiger partial charge >= 0.3 is 5.63 Å². The SMILES string of the molecule is CCc1cc(=O)oc2cc(O[C@H](C)C(=O)N(C)Cc3ccccc3)ccc12. The van der Waals surface area contributed by atoms with Gasteiger partial charge in [0.05, 0.1) is 0 Å². The predicted octanol–water partition coefficient (Wildman–Crippen LogP) is 3.78. The molecule has 5 heteroatoms. The van der Waals surface area contributed by atoms with Crippen molar-refractivity contribution in [3.63, 3.8) is 0 Å². The molecular formula is C22H23NO4. The number of hydrogen-bond acceptors (Lipinski definition) is 4. The van der Waals surface area contributed by atoms with Gasteiger partial charge in [0.1, 0.15) is 11.3 Å². The van der Waals surface area contributed by atoms with E-state index in [2.05, 4.69) is 0 Å². The van der Waals surface area contributed by atoms with Gasteiger partial charge in [-0.25, -0.2) is 4.79 Å². The molecule has 0 aliphatic heterocycles. The van der Waals surface area contributed by atoms with Crippen LogP contribution in [0.2, 0.25) is 0 Å². The molecule has 140 valence electrons. The van der Waals surface area contributed by atoms with Crippen molar-refractivity contribution in [3.8, 4) is 5.75 Å². The third-order valence-corrected chi connectivity index (χ3v) is 4.48. The van der Waals surface area contributed by atoms with Crippen LogP contribution in [0.5, 0.6) is 5.75 Å². The Kier molecular flexibility index (Phi) is 5.60. The van der Waals surface area contributed by atoms with E-state index in [0.29, 0.717) is 17.9 Å². The summed E-state index contributed by atoms with van der Waals surface area (Å²) in [6, 6.07) is 16.6. The molecule has 0 bridgehead atoms. The largest absolute Gasteiger partial charge is 0.481 e. The first-order valence-electron chi connectivity index (χ1n) is 9.00. The minimum absolute atomic E-state index is 0.122. The second-order valence-electron chi connectivity index (χ2n) is 6.54. The van der Waals surface area contributed by atoms with Crippen molar-refractivity contribution in [2.24, 2.45) is 0 Å². The number of nitrogens with zero attached hydrogens (tertiary/aromatic N) is 1. The standard InChI is InChI=1S/C22H23NO4/c1-4-17-12-21(24)27-20-13-18(10-11-19(17)20)26-15(2)22(25)23(3)14-16-8-6-5-7-9-16/h5-13,15H,4,14H2,1-3H3/t15-/m1/s1. The van der Waals surface area contributed by atoms with E-state index in [-0.39, 0.29) is 11.5 Å². The second-order valence-corrected chi connectivity index (χ2v) is 6.54. The number of rotatable bonds is 6. The molecule has 5 nitrogen and oxygen atoms in total. The van der Waals surface area contributed by atoms with E-state index in [0.717, 1.165) is 22.9 Å². The smallest absolute Gasteiger partial charge is 0.336 e. The van der Waals surface area contributed by atoms with Gasteiger partial charge in [0.2, 0.25) is 0 Å². The Balaban J connectivity index is 1.74. The lowest BCUT2D eigenvalue weighted by Crippen LogP contribution is -2.37. The first kappa shape index (κ1) is 18.7. The molecule has 3 aromatic rings. The lowest BCUT2D eigenvalue weighted by molar-refractivity contribution is -0.137. The van der Waals surface area contributed by atoms with Crippen molar-refractivity contribution >= 4 is 16.9 Å². The van der Waals surface area contributed by atoms with Crippen LogP contribution in [0.25, 0.3) is 11.0 Å². The maximum absolute atomic E-state index is 12.6. The molecule has 27 heavy (non-hydrogen) atoms. The molecule has 0 spiro atoms. The molecule has 0 fully saturated rings. The highest BCUT2D eigenvalue weighted by molar-refractivity contribution is 5.83. The van der Waals surface area contributed by atoms with E-state index in [4.69, 9.17) is 9.15 Å². The van der Waals surface area contributed by atoms with E-state index >= 15 is 0 Å². The molecule has 3 rings (SSSR count). The van der Waals surface area contributed by atoms with Crippen LogP contribution in [-0.2, 0) is 17.8 Å². The maximum Gasteiger partial charge on any atom is 0.336 e. The lowest BCUT2D eigenvalue weighted by atomic mass is 10.1. The summed E-state index contributed by atoms with van der Waals surface area (Å²) in [5.41, 5.74) is 2.07. The van der Waals surface area contributed by atoms with Crippen molar-refractivity contribution in [3.05, 3.63) is 76.1 Å². The van der Waals surface area contributed by atoms with Crippen molar-refractivity contribution in [2.75, 3.05) is 7.05 Å². The Hall–Kier alpha value is -3.08. The molecule has 1 atom stereocenters. The molecule has 0 unspecified atom stereocenters. The number of amides is 1. The van der Waals surface area contributed by atoms with E-state index in [1.165, 1.54) is 6.07 Å². The fourth-order valence-corrected chi connectivity index (χ4v) is 3.08. The van der Waals surface area contributed by atoms with Gasteiger partial charge in [-0.1, -0.05) is 37.3 Å². The first-order valence-corrected chi connectivity index (χ1v) is 9.00. The van der Waals surface area contributed by atoms with Crippen molar-refractivity contribution in [1.82, 2.24) is 4.90 Å². The molecule has 1 amide bonds. The van der Waals surface area contributed by atoms with Crippen molar-refractivity contribution in [1.29, 1.82) is 0 Å². The fraction of sp³-hybridized carbons (Fsp3) is 0.273. The van der Waals surface area contributed by atoms with E-state index < -0.39 is 6.10 Å². The van der Waals surface area contributed by atoms with E-state index in [1.54, 1.807) is 31.0 Å². The Morgan fingerprint density at radius 3 is 2.59 bits per heavy atom. The molecule has 0 saturated heterocycles. The summed E-state index contributed by atoms with van der Waals surface area (Å²) in [5, 5.41) is 0.879. The number of carbonyl (C=O) groups excluding carboxylic acids is 1. The Bertz CT molecular complexity index is 994. The van der Waals surface area contributed by atoms with Crippen LogP contribution in [0, 0.1) is 0 Å². The summed E-state index contributed by atoms with van der Waals surface area (Å²) in [7, 11) is 1.75. The summed E-state index contributed by atoms with van der Waals surface area (Å²) in [6.45, 7) is 4.22. The van der Waals surface area contributed by atoms with Crippen LogP contribution in [0.3, 0.4) is 0 Å². The van der Waals surface area contributed by atoms with Crippen LogP contribution in [0.1, 0.15) is 25.0 Å². The number of fused-ring (bicyclic) bond motifs is 1. The zero-order valence-corrected chi connectivity index (χ0v) is 15.8. The summed E-state index contributed by atoms with van der Waals surface area (Å²) >= 11 is 0. The maximum atomic E-state index is 12.6. The molecule has 0 aliphatic carbocycles. The van der Waals surface area contributed by atoms with Gasteiger partial charge in [0.15, 0.2) is 6.10 Å². The third kappa shape index (κ3) is 4.37. The Morgan fingerprint density at radius 2 is 1.89 bits per heavy atom. The number of hydrogen-bond donors (Lipinski definition) is 0. The summed E-state index contributed by atoms with van der Waals surface area (Å²) in [5.74, 6) is 0.371. The van der Waals surface area contributed by atoms with Crippen molar-refractivity contribution in [2.45, 2.75) is 32.9 Å². The minimum atomic E-state index is -0.655. The van der Waals surface area contributed by atoms with Crippen LogP contribution in [-0.4, -0.2) is 24.0 Å². The molecule has 0 radical (unpaired) electrons.